The van der Waals surface area contributed by atoms with Gasteiger partial charge in [0, 0.05) is 7.05 Å². The lowest BCUT2D eigenvalue weighted by Crippen LogP contribution is -2.38. The van der Waals surface area contributed by atoms with Crippen LogP contribution in [0.25, 0.3) is 0 Å². The Labute approximate surface area is 105 Å². The quantitative estimate of drug-likeness (QED) is 0.759. The summed E-state index contributed by atoms with van der Waals surface area (Å²) < 4.78 is 5.94. The highest BCUT2D eigenvalue weighted by Gasteiger charge is 2.24. The van der Waals surface area contributed by atoms with Crippen LogP contribution < -0.4 is 0 Å². The molecule has 98 valence electrons. The van der Waals surface area contributed by atoms with Gasteiger partial charge in [-0.2, -0.15) is 4.99 Å². The lowest BCUT2D eigenvalue weighted by atomic mass is 9.96. The summed E-state index contributed by atoms with van der Waals surface area (Å²) in [5.41, 5.74) is 0. The zero-order chi connectivity index (χ0) is 13.2. The Kier molecular flexibility index (Phi) is 4.54. The minimum absolute atomic E-state index is 0.0995. The zero-order valence-electron chi connectivity index (χ0n) is 12.1. The highest BCUT2D eigenvalue weighted by molar-refractivity contribution is 5.94. The summed E-state index contributed by atoms with van der Waals surface area (Å²) in [5, 5.41) is 0. The molecule has 17 heavy (non-hydrogen) atoms. The Bertz CT molecular complexity index is 313. The largest absolute Gasteiger partial charge is 0.460 e. The van der Waals surface area contributed by atoms with E-state index in [1.54, 1.807) is 0 Å². The summed E-state index contributed by atoms with van der Waals surface area (Å²) in [6.45, 7) is 12.7. The molecule has 1 rings (SSSR count). The van der Waals surface area contributed by atoms with Crippen molar-refractivity contribution in [1.29, 1.82) is 0 Å². The molecule has 1 atom stereocenters. The molecular formula is C13H25N3O. The average molecular weight is 239 g/mol. The Morgan fingerprint density at radius 1 is 1.18 bits per heavy atom. The molecule has 1 unspecified atom stereocenters. The van der Waals surface area contributed by atoms with E-state index in [0.717, 1.165) is 5.84 Å². The molecule has 0 aromatic rings. The van der Waals surface area contributed by atoms with E-state index in [2.05, 4.69) is 37.7 Å². The molecule has 0 aromatic heterocycles. The second-order valence-corrected chi connectivity index (χ2v) is 5.38. The lowest BCUT2D eigenvalue weighted by Gasteiger charge is -2.30. The van der Waals surface area contributed by atoms with Crippen molar-refractivity contribution < 1.29 is 4.74 Å². The van der Waals surface area contributed by atoms with E-state index in [0.29, 0.717) is 17.9 Å². The minimum Gasteiger partial charge on any atom is -0.460 e. The van der Waals surface area contributed by atoms with Crippen LogP contribution >= 0.6 is 0 Å². The van der Waals surface area contributed by atoms with Gasteiger partial charge >= 0.3 is 6.02 Å². The number of nitrogens with zero attached hydrogens (tertiary/aromatic N) is 3. The average Bonchev–Trinajstić information content (AvgIpc) is 2.21. The molecule has 1 aliphatic rings. The van der Waals surface area contributed by atoms with E-state index in [-0.39, 0.29) is 12.3 Å². The second-order valence-electron chi connectivity index (χ2n) is 5.38. The van der Waals surface area contributed by atoms with Gasteiger partial charge in [0.2, 0.25) is 0 Å². The third-order valence-electron chi connectivity index (χ3n) is 3.18. The van der Waals surface area contributed by atoms with Crippen LogP contribution in [0.3, 0.4) is 0 Å². The fraction of sp³-hybridized carbons (Fsp3) is 0.846. The molecule has 1 aliphatic heterocycles. The number of rotatable bonds is 3. The van der Waals surface area contributed by atoms with Crippen LogP contribution in [0, 0.1) is 11.8 Å². The van der Waals surface area contributed by atoms with Crippen LogP contribution in [0.1, 0.15) is 41.5 Å². The van der Waals surface area contributed by atoms with Gasteiger partial charge in [-0.25, -0.2) is 4.99 Å². The van der Waals surface area contributed by atoms with Gasteiger partial charge in [-0.15, -0.1) is 0 Å². The third-order valence-corrected chi connectivity index (χ3v) is 3.18. The van der Waals surface area contributed by atoms with E-state index in [4.69, 9.17) is 4.74 Å². The molecule has 0 bridgehead atoms. The van der Waals surface area contributed by atoms with E-state index < -0.39 is 0 Å². The van der Waals surface area contributed by atoms with Crippen LogP contribution in [0.4, 0.5) is 0 Å². The smallest absolute Gasteiger partial charge is 0.315 e. The molecule has 0 fully saturated rings. The standard InChI is InChI=1S/C13H25N3O/c1-8(2)12(9(3)4)17-13-14-10(5)16(7)11(6)15-13/h8-10,12H,1-7H3. The number of hydrogen-bond donors (Lipinski definition) is 0. The van der Waals surface area contributed by atoms with Crippen molar-refractivity contribution in [3.8, 4) is 0 Å². The van der Waals surface area contributed by atoms with Crippen LogP contribution in [-0.2, 0) is 4.74 Å². The first-order chi connectivity index (χ1) is 7.82. The highest BCUT2D eigenvalue weighted by atomic mass is 16.5. The molecule has 0 aromatic carbocycles. The normalized spacial score (nSPS) is 21.1. The van der Waals surface area contributed by atoms with Gasteiger partial charge in [-0.3, -0.25) is 0 Å². The van der Waals surface area contributed by atoms with Crippen LogP contribution in [0.15, 0.2) is 9.98 Å². The maximum atomic E-state index is 5.94. The van der Waals surface area contributed by atoms with Crippen molar-refractivity contribution in [3.05, 3.63) is 0 Å². The predicted octanol–water partition coefficient (Wildman–Crippen LogP) is 2.75. The first-order valence-electron chi connectivity index (χ1n) is 6.35. The molecule has 4 heteroatoms. The lowest BCUT2D eigenvalue weighted by molar-refractivity contribution is 0.0884. The number of hydrogen-bond acceptors (Lipinski definition) is 4. The molecular weight excluding hydrogens is 214 g/mol. The van der Waals surface area contributed by atoms with Crippen molar-refractivity contribution in [2.75, 3.05) is 7.05 Å². The number of ether oxygens (including phenoxy) is 1. The van der Waals surface area contributed by atoms with E-state index in [9.17, 15) is 0 Å². The van der Waals surface area contributed by atoms with Crippen molar-refractivity contribution in [2.24, 2.45) is 21.8 Å². The fourth-order valence-corrected chi connectivity index (χ4v) is 1.98. The minimum atomic E-state index is 0.0995. The molecule has 1 heterocycles. The summed E-state index contributed by atoms with van der Waals surface area (Å²) in [4.78, 5) is 10.9. The van der Waals surface area contributed by atoms with Crippen molar-refractivity contribution in [2.45, 2.75) is 53.8 Å². The van der Waals surface area contributed by atoms with Gasteiger partial charge in [0.1, 0.15) is 18.1 Å². The van der Waals surface area contributed by atoms with Crippen LogP contribution in [0.5, 0.6) is 0 Å². The first-order valence-corrected chi connectivity index (χ1v) is 6.35. The Morgan fingerprint density at radius 2 is 1.71 bits per heavy atom. The van der Waals surface area contributed by atoms with E-state index >= 15 is 0 Å². The molecule has 4 nitrogen and oxygen atoms in total. The Hall–Kier alpha value is -1.06. The van der Waals surface area contributed by atoms with Crippen molar-refractivity contribution >= 4 is 11.9 Å². The Balaban J connectivity index is 2.78. The van der Waals surface area contributed by atoms with Gasteiger partial charge in [0.25, 0.3) is 0 Å². The number of aliphatic imine (C=N–C) groups is 2. The van der Waals surface area contributed by atoms with Gasteiger partial charge in [0.15, 0.2) is 0 Å². The van der Waals surface area contributed by atoms with E-state index in [1.807, 2.05) is 25.8 Å². The first kappa shape index (κ1) is 14.0. The fourth-order valence-electron chi connectivity index (χ4n) is 1.98. The van der Waals surface area contributed by atoms with Gasteiger partial charge in [0.05, 0.1) is 0 Å². The summed E-state index contributed by atoms with van der Waals surface area (Å²) in [7, 11) is 1.99. The maximum absolute atomic E-state index is 5.94. The predicted molar refractivity (Wildman–Crippen MR) is 72.3 cm³/mol. The summed E-state index contributed by atoms with van der Waals surface area (Å²) in [5.74, 6) is 1.88. The van der Waals surface area contributed by atoms with E-state index in [1.165, 1.54) is 0 Å². The number of amidine groups is 2. The summed E-state index contributed by atoms with van der Waals surface area (Å²) in [6, 6.07) is 0.528. The maximum Gasteiger partial charge on any atom is 0.315 e. The molecule has 0 saturated carbocycles. The molecule has 0 saturated heterocycles. The van der Waals surface area contributed by atoms with Gasteiger partial charge in [-0.1, -0.05) is 27.7 Å². The molecule has 0 amide bonds. The van der Waals surface area contributed by atoms with Gasteiger partial charge < -0.3 is 9.64 Å². The SMILES string of the molecule is CC1=NC(OC(C(C)C)C(C)C)=NC(C)N1C. The molecule has 0 spiro atoms. The topological polar surface area (TPSA) is 37.2 Å². The summed E-state index contributed by atoms with van der Waals surface area (Å²) >= 11 is 0. The monoisotopic (exact) mass is 239 g/mol. The summed E-state index contributed by atoms with van der Waals surface area (Å²) in [6.07, 6.45) is 0.267. The third kappa shape index (κ3) is 3.45. The van der Waals surface area contributed by atoms with Crippen LogP contribution in [0.2, 0.25) is 0 Å². The second kappa shape index (κ2) is 5.52. The molecule has 0 radical (unpaired) electrons. The van der Waals surface area contributed by atoms with Crippen molar-refractivity contribution in [3.63, 3.8) is 0 Å². The zero-order valence-corrected chi connectivity index (χ0v) is 12.1. The van der Waals surface area contributed by atoms with Gasteiger partial charge in [-0.05, 0) is 25.7 Å². The molecule has 0 aliphatic carbocycles. The highest BCUT2D eigenvalue weighted by Crippen LogP contribution is 2.18. The molecule has 0 N–H and O–H groups in total. The Morgan fingerprint density at radius 3 is 2.12 bits per heavy atom. The van der Waals surface area contributed by atoms with Crippen molar-refractivity contribution in [1.82, 2.24) is 4.90 Å². The van der Waals surface area contributed by atoms with Crippen LogP contribution in [-0.4, -0.2) is 36.1 Å².